The molecule has 0 aliphatic carbocycles. The van der Waals surface area contributed by atoms with Gasteiger partial charge in [0.25, 0.3) is 0 Å². The van der Waals surface area contributed by atoms with Gasteiger partial charge >= 0.3 is 6.18 Å². The quantitative estimate of drug-likeness (QED) is 0.365. The van der Waals surface area contributed by atoms with Crippen molar-refractivity contribution in [2.24, 2.45) is 0 Å². The van der Waals surface area contributed by atoms with E-state index < -0.39 is 17.6 Å². The van der Waals surface area contributed by atoms with E-state index in [0.717, 1.165) is 18.6 Å². The van der Waals surface area contributed by atoms with Gasteiger partial charge in [-0.2, -0.15) is 13.2 Å². The molecule has 180 valence electrons. The van der Waals surface area contributed by atoms with Crippen LogP contribution in [0.25, 0.3) is 11.0 Å². The van der Waals surface area contributed by atoms with E-state index in [-0.39, 0.29) is 35.1 Å². The number of halogens is 3. The summed E-state index contributed by atoms with van der Waals surface area (Å²) in [6.07, 6.45) is 3.61. The maximum Gasteiger partial charge on any atom is 0.416 e. The van der Waals surface area contributed by atoms with Crippen molar-refractivity contribution in [3.8, 4) is 0 Å². The lowest BCUT2D eigenvalue weighted by Crippen LogP contribution is -2.16. The zero-order valence-electron chi connectivity index (χ0n) is 19.0. The number of rotatable bonds is 7. The molecule has 0 aliphatic rings. The number of nitrogens with zero attached hydrogens (tertiary/aromatic N) is 4. The highest BCUT2D eigenvalue weighted by molar-refractivity contribution is 6.16. The molecule has 0 saturated carbocycles. The van der Waals surface area contributed by atoms with Crippen LogP contribution in [0.4, 0.5) is 18.9 Å². The number of fused-ring (bicyclic) bond motifs is 1. The normalized spacial score (nSPS) is 12.5. The highest BCUT2D eigenvalue weighted by atomic mass is 19.4. The molecule has 1 N–H and O–H groups in total. The Morgan fingerprint density at radius 2 is 1.91 bits per heavy atom. The smallest absolute Gasteiger partial charge is 0.329 e. The summed E-state index contributed by atoms with van der Waals surface area (Å²) in [7, 11) is 0. The Balaban J connectivity index is 1.55. The van der Waals surface area contributed by atoms with E-state index in [9.17, 15) is 22.8 Å². The molecule has 3 aromatic heterocycles. The number of pyridine rings is 1. The SMILES string of the molecule is CC[C@H](C)n1cc(C(=O)c2cncc(NC(=O)Cc3cccc(C(F)(F)F)c3)c2)c2cncnc21. The molecule has 10 heteroatoms. The zero-order valence-corrected chi connectivity index (χ0v) is 19.0. The Morgan fingerprint density at radius 1 is 1.11 bits per heavy atom. The molecule has 0 spiro atoms. The van der Waals surface area contributed by atoms with Crippen LogP contribution >= 0.6 is 0 Å². The summed E-state index contributed by atoms with van der Waals surface area (Å²) in [5.74, 6) is -0.842. The van der Waals surface area contributed by atoms with Crippen molar-refractivity contribution >= 4 is 28.4 Å². The average Bonchev–Trinajstić information content (AvgIpc) is 3.22. The van der Waals surface area contributed by atoms with E-state index in [1.165, 1.54) is 36.9 Å². The maximum absolute atomic E-state index is 13.3. The van der Waals surface area contributed by atoms with Gasteiger partial charge in [0.1, 0.15) is 12.0 Å². The van der Waals surface area contributed by atoms with E-state index in [0.29, 0.717) is 16.6 Å². The number of carbonyl (C=O) groups is 2. The van der Waals surface area contributed by atoms with Crippen LogP contribution in [0.3, 0.4) is 0 Å². The Kier molecular flexibility index (Phi) is 6.63. The number of benzene rings is 1. The minimum absolute atomic E-state index is 0.119. The number of anilines is 1. The van der Waals surface area contributed by atoms with Crippen LogP contribution in [0.1, 0.15) is 53.4 Å². The number of amides is 1. The van der Waals surface area contributed by atoms with Gasteiger partial charge in [-0.1, -0.05) is 25.1 Å². The number of hydrogen-bond acceptors (Lipinski definition) is 5. The van der Waals surface area contributed by atoms with Crippen LogP contribution in [0, 0.1) is 0 Å². The highest BCUT2D eigenvalue weighted by Crippen LogP contribution is 2.30. The molecule has 0 bridgehead atoms. The Morgan fingerprint density at radius 3 is 2.66 bits per heavy atom. The van der Waals surface area contributed by atoms with Crippen molar-refractivity contribution in [3.63, 3.8) is 0 Å². The molecule has 0 aliphatic heterocycles. The molecule has 1 amide bonds. The standard InChI is InChI=1S/C25H22F3N5O2/c1-3-15(2)33-13-21(20-12-30-14-31-24(20)33)23(35)17-9-19(11-29-10-17)32-22(34)8-16-5-4-6-18(7-16)25(26,27)28/h4-7,9-15H,3,8H2,1-2H3,(H,32,34)/t15-/m0/s1. The monoisotopic (exact) mass is 481 g/mol. The molecule has 1 atom stereocenters. The van der Waals surface area contributed by atoms with Crippen LogP contribution in [0.15, 0.2) is 61.4 Å². The van der Waals surface area contributed by atoms with Gasteiger partial charge < -0.3 is 9.88 Å². The molecular formula is C25H22F3N5O2. The number of alkyl halides is 3. The minimum Gasteiger partial charge on any atom is -0.329 e. The van der Waals surface area contributed by atoms with E-state index in [4.69, 9.17) is 0 Å². The van der Waals surface area contributed by atoms with E-state index in [1.54, 1.807) is 12.4 Å². The van der Waals surface area contributed by atoms with Crippen LogP contribution in [-0.2, 0) is 17.4 Å². The van der Waals surface area contributed by atoms with Gasteiger partial charge in [-0.25, -0.2) is 9.97 Å². The number of aromatic nitrogens is 4. The fourth-order valence-electron chi connectivity index (χ4n) is 3.74. The molecule has 7 nitrogen and oxygen atoms in total. The summed E-state index contributed by atoms with van der Waals surface area (Å²) in [5.41, 5.74) is 0.961. The fourth-order valence-corrected chi connectivity index (χ4v) is 3.74. The van der Waals surface area contributed by atoms with Crippen molar-refractivity contribution in [3.05, 3.63) is 83.7 Å². The topological polar surface area (TPSA) is 89.8 Å². The van der Waals surface area contributed by atoms with Crippen LogP contribution in [0.2, 0.25) is 0 Å². The van der Waals surface area contributed by atoms with Crippen LogP contribution in [0.5, 0.6) is 0 Å². The van der Waals surface area contributed by atoms with Crippen LogP contribution in [-0.4, -0.2) is 31.2 Å². The second-order valence-electron chi connectivity index (χ2n) is 8.18. The average molecular weight is 481 g/mol. The lowest BCUT2D eigenvalue weighted by molar-refractivity contribution is -0.137. The van der Waals surface area contributed by atoms with E-state index >= 15 is 0 Å². The molecule has 4 rings (SSSR count). The van der Waals surface area contributed by atoms with Crippen molar-refractivity contribution in [1.82, 2.24) is 19.5 Å². The first kappa shape index (κ1) is 24.1. The summed E-state index contributed by atoms with van der Waals surface area (Å²) >= 11 is 0. The molecule has 3 heterocycles. The second kappa shape index (κ2) is 9.65. The van der Waals surface area contributed by atoms with Gasteiger partial charge in [-0.05, 0) is 31.0 Å². The third-order valence-corrected chi connectivity index (χ3v) is 5.71. The summed E-state index contributed by atoms with van der Waals surface area (Å²) < 4.78 is 40.7. The number of nitrogens with one attached hydrogen (secondary N) is 1. The first-order chi connectivity index (χ1) is 16.7. The molecule has 1 aromatic carbocycles. The molecule has 0 fully saturated rings. The number of ketones is 1. The maximum atomic E-state index is 13.3. The molecule has 4 aromatic rings. The fraction of sp³-hybridized carbons (Fsp3) is 0.240. The van der Waals surface area contributed by atoms with Crippen molar-refractivity contribution in [2.75, 3.05) is 5.32 Å². The van der Waals surface area contributed by atoms with Gasteiger partial charge in [0.2, 0.25) is 5.91 Å². The molecule has 0 saturated heterocycles. The van der Waals surface area contributed by atoms with Gasteiger partial charge in [-0.3, -0.25) is 14.6 Å². The molecule has 35 heavy (non-hydrogen) atoms. The van der Waals surface area contributed by atoms with Gasteiger partial charge in [0.15, 0.2) is 5.78 Å². The van der Waals surface area contributed by atoms with Crippen molar-refractivity contribution < 1.29 is 22.8 Å². The summed E-state index contributed by atoms with van der Waals surface area (Å²) in [4.78, 5) is 38.2. The largest absolute Gasteiger partial charge is 0.416 e. The summed E-state index contributed by atoms with van der Waals surface area (Å²) in [5, 5.41) is 3.21. The lowest BCUT2D eigenvalue weighted by Gasteiger charge is -2.11. The van der Waals surface area contributed by atoms with Crippen molar-refractivity contribution in [1.29, 1.82) is 0 Å². The predicted octanol–water partition coefficient (Wildman–Crippen LogP) is 5.23. The Bertz CT molecular complexity index is 1400. The minimum atomic E-state index is -4.49. The first-order valence-corrected chi connectivity index (χ1v) is 10.9. The number of hydrogen-bond donors (Lipinski definition) is 1. The third-order valence-electron chi connectivity index (χ3n) is 5.71. The Hall–Kier alpha value is -4.08. The number of carbonyl (C=O) groups excluding carboxylic acids is 2. The van der Waals surface area contributed by atoms with Crippen LogP contribution < -0.4 is 5.32 Å². The molecular weight excluding hydrogens is 459 g/mol. The molecule has 0 radical (unpaired) electrons. The van der Waals surface area contributed by atoms with Gasteiger partial charge in [0, 0.05) is 35.6 Å². The van der Waals surface area contributed by atoms with Crippen molar-refractivity contribution in [2.45, 2.75) is 38.9 Å². The van der Waals surface area contributed by atoms with Gasteiger partial charge in [-0.15, -0.1) is 0 Å². The van der Waals surface area contributed by atoms with E-state index in [2.05, 4.69) is 20.3 Å². The summed E-state index contributed by atoms with van der Waals surface area (Å²) in [6, 6.07) is 6.19. The highest BCUT2D eigenvalue weighted by Gasteiger charge is 2.30. The third kappa shape index (κ3) is 5.21. The molecule has 0 unspecified atom stereocenters. The van der Waals surface area contributed by atoms with Gasteiger partial charge in [0.05, 0.1) is 29.4 Å². The van der Waals surface area contributed by atoms with E-state index in [1.807, 2.05) is 18.4 Å². The Labute approximate surface area is 199 Å². The predicted molar refractivity (Wildman–Crippen MR) is 124 cm³/mol. The summed E-state index contributed by atoms with van der Waals surface area (Å²) in [6.45, 7) is 4.06. The second-order valence-corrected chi connectivity index (χ2v) is 8.18. The zero-order chi connectivity index (χ0) is 25.2. The lowest BCUT2D eigenvalue weighted by atomic mass is 10.1. The first-order valence-electron chi connectivity index (χ1n) is 10.9.